The number of benzene rings is 1. The van der Waals surface area contributed by atoms with Gasteiger partial charge in [-0.15, -0.1) is 13.2 Å². The van der Waals surface area contributed by atoms with Crippen LogP contribution in [-0.2, 0) is 0 Å². The number of alkyl halides is 6. The first-order chi connectivity index (χ1) is 17.3. The molecule has 13 heteroatoms. The van der Waals surface area contributed by atoms with Crippen molar-refractivity contribution in [2.24, 2.45) is 0 Å². The van der Waals surface area contributed by atoms with Crippen molar-refractivity contribution in [2.45, 2.75) is 44.1 Å². The van der Waals surface area contributed by atoms with Crippen molar-refractivity contribution >= 4 is 22.6 Å². The Labute approximate surface area is 206 Å². The highest BCUT2D eigenvalue weighted by Crippen LogP contribution is 2.35. The van der Waals surface area contributed by atoms with E-state index in [4.69, 9.17) is 0 Å². The number of imidazole rings is 1. The second-order valence-corrected chi connectivity index (χ2v) is 8.66. The van der Waals surface area contributed by atoms with E-state index in [-0.39, 0.29) is 65.0 Å². The minimum atomic E-state index is -4.84. The highest BCUT2D eigenvalue weighted by atomic mass is 19.4. The highest BCUT2D eigenvalue weighted by Gasteiger charge is 2.32. The third-order valence-corrected chi connectivity index (χ3v) is 6.08. The van der Waals surface area contributed by atoms with Crippen molar-refractivity contribution in [2.75, 3.05) is 13.1 Å². The lowest BCUT2D eigenvalue weighted by molar-refractivity contribution is -0.274. The van der Waals surface area contributed by atoms with Crippen LogP contribution in [0.4, 0.5) is 30.7 Å². The zero-order chi connectivity index (χ0) is 27.0. The van der Waals surface area contributed by atoms with Gasteiger partial charge in [-0.25, -0.2) is 14.4 Å². The minimum absolute atomic E-state index is 0.101. The van der Waals surface area contributed by atoms with Gasteiger partial charge in [-0.1, -0.05) is 6.58 Å². The Morgan fingerprint density at radius 1 is 1.11 bits per heavy atom. The molecule has 37 heavy (non-hydrogen) atoms. The van der Waals surface area contributed by atoms with Crippen LogP contribution in [-0.4, -0.2) is 51.4 Å². The van der Waals surface area contributed by atoms with Crippen LogP contribution in [0, 0.1) is 5.82 Å². The molecule has 0 radical (unpaired) electrons. The standard InChI is InChI=1S/C24H21F7N4O2/c1-13(6-9-23(26,27)28)20-33-19-18(17(25)12-32-21(19)34-20)14-7-10-35(11-8-14)22(36)15-2-4-16(5-3-15)37-24(29,30)31/h2-5,12,14H,1,6-11H2,(H,32,33,34). The van der Waals surface area contributed by atoms with E-state index in [9.17, 15) is 35.5 Å². The second-order valence-electron chi connectivity index (χ2n) is 8.66. The highest BCUT2D eigenvalue weighted by molar-refractivity contribution is 5.94. The molecule has 0 spiro atoms. The molecule has 1 amide bonds. The fraction of sp³-hybridized carbons (Fsp3) is 0.375. The van der Waals surface area contributed by atoms with Crippen molar-refractivity contribution < 1.29 is 40.3 Å². The first kappa shape index (κ1) is 26.4. The van der Waals surface area contributed by atoms with Gasteiger partial charge in [0.2, 0.25) is 0 Å². The molecule has 0 saturated carbocycles. The lowest BCUT2D eigenvalue weighted by Gasteiger charge is -2.32. The number of amides is 1. The fourth-order valence-corrected chi connectivity index (χ4v) is 4.28. The number of aromatic nitrogens is 3. The van der Waals surface area contributed by atoms with Gasteiger partial charge < -0.3 is 14.6 Å². The molecule has 1 N–H and O–H groups in total. The number of ether oxygens (including phenoxy) is 1. The number of pyridine rings is 1. The Balaban J connectivity index is 1.45. The van der Waals surface area contributed by atoms with Crippen LogP contribution in [0.1, 0.15) is 53.3 Å². The van der Waals surface area contributed by atoms with Crippen molar-refractivity contribution in [3.63, 3.8) is 0 Å². The van der Waals surface area contributed by atoms with Crippen LogP contribution < -0.4 is 4.74 Å². The summed E-state index contributed by atoms with van der Waals surface area (Å²) in [6, 6.07) is 4.57. The van der Waals surface area contributed by atoms with E-state index >= 15 is 0 Å². The van der Waals surface area contributed by atoms with E-state index < -0.39 is 30.5 Å². The summed E-state index contributed by atoms with van der Waals surface area (Å²) >= 11 is 0. The van der Waals surface area contributed by atoms with Gasteiger partial charge in [-0.3, -0.25) is 4.79 Å². The molecule has 0 atom stereocenters. The van der Waals surface area contributed by atoms with E-state index in [0.717, 1.165) is 18.3 Å². The van der Waals surface area contributed by atoms with Gasteiger partial charge in [-0.2, -0.15) is 13.2 Å². The lowest BCUT2D eigenvalue weighted by atomic mass is 9.88. The van der Waals surface area contributed by atoms with Gasteiger partial charge in [0.1, 0.15) is 17.4 Å². The average Bonchev–Trinajstić information content (AvgIpc) is 3.26. The number of nitrogens with zero attached hydrogens (tertiary/aromatic N) is 3. The zero-order valence-corrected chi connectivity index (χ0v) is 19.2. The molecule has 3 heterocycles. The predicted molar refractivity (Wildman–Crippen MR) is 119 cm³/mol. The number of hydrogen-bond acceptors (Lipinski definition) is 4. The van der Waals surface area contributed by atoms with Crippen LogP contribution in [0.15, 0.2) is 37.0 Å². The number of aromatic amines is 1. The maximum absolute atomic E-state index is 14.8. The van der Waals surface area contributed by atoms with Crippen LogP contribution in [0.2, 0.25) is 0 Å². The topological polar surface area (TPSA) is 71.1 Å². The van der Waals surface area contributed by atoms with Crippen molar-refractivity contribution in [1.82, 2.24) is 19.9 Å². The summed E-state index contributed by atoms with van der Waals surface area (Å²) < 4.78 is 93.3. The normalized spacial score (nSPS) is 15.3. The summed E-state index contributed by atoms with van der Waals surface area (Å²) in [5.41, 5.74) is 1.01. The number of hydrogen-bond donors (Lipinski definition) is 1. The van der Waals surface area contributed by atoms with E-state index in [1.54, 1.807) is 0 Å². The number of carbonyl (C=O) groups excluding carboxylic acids is 1. The Morgan fingerprint density at radius 2 is 1.76 bits per heavy atom. The lowest BCUT2D eigenvalue weighted by Crippen LogP contribution is -2.38. The monoisotopic (exact) mass is 530 g/mol. The van der Waals surface area contributed by atoms with Gasteiger partial charge in [0, 0.05) is 30.6 Å². The SMILES string of the molecule is C=C(CCC(F)(F)F)c1nc2ncc(F)c(C3CCN(C(=O)c4ccc(OC(F)(F)F)cc4)CC3)c2[nH]1. The molecule has 2 aromatic heterocycles. The molecule has 1 aliphatic rings. The first-order valence-corrected chi connectivity index (χ1v) is 11.2. The van der Waals surface area contributed by atoms with Gasteiger partial charge in [0.05, 0.1) is 11.7 Å². The molecule has 4 rings (SSSR count). The van der Waals surface area contributed by atoms with E-state index in [2.05, 4.69) is 26.3 Å². The number of carbonyl (C=O) groups is 1. The summed E-state index contributed by atoms with van der Waals surface area (Å²) in [5, 5.41) is 0. The molecular formula is C24H21F7N4O2. The number of allylic oxidation sites excluding steroid dienone is 1. The number of halogens is 7. The molecule has 198 valence electrons. The Bertz CT molecular complexity index is 1290. The Kier molecular flexibility index (Phi) is 7.16. The number of H-pyrrole nitrogens is 1. The summed E-state index contributed by atoms with van der Waals surface area (Å²) in [6.07, 6.45) is -8.88. The maximum atomic E-state index is 14.8. The van der Waals surface area contributed by atoms with E-state index in [0.29, 0.717) is 12.8 Å². The number of piperidine rings is 1. The van der Waals surface area contributed by atoms with Crippen LogP contribution >= 0.6 is 0 Å². The number of rotatable bonds is 6. The molecule has 0 bridgehead atoms. The number of fused-ring (bicyclic) bond motifs is 1. The predicted octanol–water partition coefficient (Wildman–Crippen LogP) is 6.37. The van der Waals surface area contributed by atoms with Gasteiger partial charge >= 0.3 is 12.5 Å². The minimum Gasteiger partial charge on any atom is -0.406 e. The zero-order valence-electron chi connectivity index (χ0n) is 19.2. The maximum Gasteiger partial charge on any atom is 0.573 e. The van der Waals surface area contributed by atoms with Crippen LogP contribution in [0.5, 0.6) is 5.75 Å². The van der Waals surface area contributed by atoms with Crippen molar-refractivity contribution in [1.29, 1.82) is 0 Å². The average molecular weight is 530 g/mol. The molecule has 1 aromatic carbocycles. The van der Waals surface area contributed by atoms with E-state index in [1.165, 1.54) is 17.0 Å². The molecule has 6 nitrogen and oxygen atoms in total. The second kappa shape index (κ2) is 10.0. The smallest absolute Gasteiger partial charge is 0.406 e. The molecule has 1 fully saturated rings. The number of nitrogens with one attached hydrogen (secondary N) is 1. The molecular weight excluding hydrogens is 509 g/mol. The quantitative estimate of drug-likeness (QED) is 0.376. The molecule has 1 aliphatic heterocycles. The molecule has 0 unspecified atom stereocenters. The summed E-state index contributed by atoms with van der Waals surface area (Å²) in [7, 11) is 0. The Hall–Kier alpha value is -3.64. The van der Waals surface area contributed by atoms with Gasteiger partial charge in [0.25, 0.3) is 5.91 Å². The van der Waals surface area contributed by atoms with Gasteiger partial charge in [0.15, 0.2) is 5.65 Å². The summed E-state index contributed by atoms with van der Waals surface area (Å²) in [4.78, 5) is 25.3. The first-order valence-electron chi connectivity index (χ1n) is 11.2. The van der Waals surface area contributed by atoms with Crippen molar-refractivity contribution in [3.05, 3.63) is 59.8 Å². The molecule has 3 aromatic rings. The largest absolute Gasteiger partial charge is 0.573 e. The summed E-state index contributed by atoms with van der Waals surface area (Å²) in [5.74, 6) is -1.66. The third kappa shape index (κ3) is 6.38. The van der Waals surface area contributed by atoms with Crippen LogP contribution in [0.25, 0.3) is 16.7 Å². The molecule has 1 saturated heterocycles. The third-order valence-electron chi connectivity index (χ3n) is 6.08. The summed E-state index contributed by atoms with van der Waals surface area (Å²) in [6.45, 7) is 4.16. The molecule has 0 aliphatic carbocycles. The van der Waals surface area contributed by atoms with Crippen LogP contribution in [0.3, 0.4) is 0 Å². The van der Waals surface area contributed by atoms with Gasteiger partial charge in [-0.05, 0) is 55.0 Å². The Morgan fingerprint density at radius 3 is 2.35 bits per heavy atom. The fourth-order valence-electron chi connectivity index (χ4n) is 4.28. The van der Waals surface area contributed by atoms with Crippen molar-refractivity contribution in [3.8, 4) is 5.75 Å². The van der Waals surface area contributed by atoms with E-state index in [1.807, 2.05) is 0 Å². The number of likely N-dealkylation sites (tertiary alicyclic amines) is 1.